The summed E-state index contributed by atoms with van der Waals surface area (Å²) in [4.78, 5) is 0. The average Bonchev–Trinajstić information content (AvgIpc) is 2.52. The molecule has 21 heavy (non-hydrogen) atoms. The van der Waals surface area contributed by atoms with Crippen molar-refractivity contribution in [1.82, 2.24) is 5.32 Å². The van der Waals surface area contributed by atoms with Gasteiger partial charge in [0, 0.05) is 12.6 Å². The highest BCUT2D eigenvalue weighted by atomic mass is 16.5. The average molecular weight is 298 g/mol. The van der Waals surface area contributed by atoms with Crippen molar-refractivity contribution in [2.24, 2.45) is 0 Å². The quantitative estimate of drug-likeness (QED) is 0.456. The van der Waals surface area contributed by atoms with Crippen LogP contribution in [0.4, 0.5) is 0 Å². The smallest absolute Gasteiger partial charge is 0.0575 e. The molecule has 2 atom stereocenters. The van der Waals surface area contributed by atoms with E-state index in [1.165, 1.54) is 83.5 Å². The molecule has 1 heterocycles. The molecular weight excluding hydrogens is 258 g/mol. The summed E-state index contributed by atoms with van der Waals surface area (Å²) >= 11 is 0. The van der Waals surface area contributed by atoms with Crippen LogP contribution >= 0.6 is 0 Å². The Morgan fingerprint density at radius 3 is 2.38 bits per heavy atom. The Morgan fingerprint density at radius 2 is 1.71 bits per heavy atom. The van der Waals surface area contributed by atoms with Crippen molar-refractivity contribution < 1.29 is 4.74 Å². The Bertz CT molecular complexity index is 214. The number of hydrogen-bond donors (Lipinski definition) is 1. The van der Waals surface area contributed by atoms with Gasteiger partial charge in [-0.25, -0.2) is 0 Å². The molecule has 2 nitrogen and oxygen atoms in total. The highest BCUT2D eigenvalue weighted by molar-refractivity contribution is 4.71. The maximum atomic E-state index is 5.86. The van der Waals surface area contributed by atoms with Crippen LogP contribution in [0.2, 0.25) is 0 Å². The second-order valence-corrected chi connectivity index (χ2v) is 6.73. The van der Waals surface area contributed by atoms with Crippen LogP contribution in [-0.4, -0.2) is 25.3 Å². The number of ether oxygens (including phenoxy) is 1. The van der Waals surface area contributed by atoms with Gasteiger partial charge in [-0.2, -0.15) is 0 Å². The summed E-state index contributed by atoms with van der Waals surface area (Å²) in [6.07, 6.45) is 18.3. The van der Waals surface area contributed by atoms with E-state index in [-0.39, 0.29) is 0 Å². The van der Waals surface area contributed by atoms with Gasteiger partial charge >= 0.3 is 0 Å². The fourth-order valence-corrected chi connectivity index (χ4v) is 3.41. The zero-order valence-electron chi connectivity index (χ0n) is 14.7. The van der Waals surface area contributed by atoms with E-state index in [2.05, 4.69) is 19.2 Å². The van der Waals surface area contributed by atoms with E-state index in [1.807, 2.05) is 0 Å². The monoisotopic (exact) mass is 297 g/mol. The predicted octanol–water partition coefficient (Wildman–Crippen LogP) is 5.45. The molecule has 1 aliphatic heterocycles. The fourth-order valence-electron chi connectivity index (χ4n) is 3.41. The van der Waals surface area contributed by atoms with Gasteiger partial charge in [0.05, 0.1) is 6.10 Å². The Hall–Kier alpha value is -0.0800. The van der Waals surface area contributed by atoms with Crippen molar-refractivity contribution in [3.05, 3.63) is 0 Å². The maximum Gasteiger partial charge on any atom is 0.0575 e. The molecule has 0 spiro atoms. The summed E-state index contributed by atoms with van der Waals surface area (Å²) in [5.41, 5.74) is 0. The standard InChI is InChI=1S/C19H39NO/c1-3-5-6-7-8-9-10-13-18(20-4-2)15-16-19-14-11-12-17-21-19/h18-20H,3-17H2,1-2H3. The lowest BCUT2D eigenvalue weighted by atomic mass is 9.98. The second kappa shape index (κ2) is 13.6. The molecule has 1 N–H and O–H groups in total. The van der Waals surface area contributed by atoms with Gasteiger partial charge in [0.15, 0.2) is 0 Å². The Labute approximate surface area is 133 Å². The van der Waals surface area contributed by atoms with Crippen molar-refractivity contribution in [3.8, 4) is 0 Å². The zero-order chi connectivity index (χ0) is 15.2. The van der Waals surface area contributed by atoms with Crippen molar-refractivity contribution in [2.45, 2.75) is 109 Å². The largest absolute Gasteiger partial charge is 0.378 e. The summed E-state index contributed by atoms with van der Waals surface area (Å²) in [5, 5.41) is 3.68. The molecule has 0 saturated carbocycles. The molecule has 1 saturated heterocycles. The molecule has 0 bridgehead atoms. The first-order valence-electron chi connectivity index (χ1n) is 9.71. The molecule has 0 amide bonds. The minimum Gasteiger partial charge on any atom is -0.378 e. The van der Waals surface area contributed by atoms with Gasteiger partial charge in [-0.05, 0) is 45.1 Å². The van der Waals surface area contributed by atoms with E-state index >= 15 is 0 Å². The molecule has 1 rings (SSSR count). The SMILES string of the molecule is CCCCCCCCCC(CCC1CCCCO1)NCC. The van der Waals surface area contributed by atoms with Crippen LogP contribution in [0.5, 0.6) is 0 Å². The van der Waals surface area contributed by atoms with E-state index in [9.17, 15) is 0 Å². The first-order chi connectivity index (χ1) is 10.4. The molecule has 1 aliphatic rings. The lowest BCUT2D eigenvalue weighted by Crippen LogP contribution is -2.31. The van der Waals surface area contributed by atoms with E-state index in [4.69, 9.17) is 4.74 Å². The molecule has 0 aliphatic carbocycles. The van der Waals surface area contributed by atoms with Crippen LogP contribution in [0.3, 0.4) is 0 Å². The first-order valence-corrected chi connectivity index (χ1v) is 9.71. The molecule has 1 fully saturated rings. The van der Waals surface area contributed by atoms with Crippen LogP contribution < -0.4 is 5.32 Å². The van der Waals surface area contributed by atoms with Crippen LogP contribution in [0.15, 0.2) is 0 Å². The third-order valence-electron chi connectivity index (χ3n) is 4.76. The molecule has 2 heteroatoms. The first kappa shape index (κ1) is 19.0. The minimum absolute atomic E-state index is 0.550. The van der Waals surface area contributed by atoms with Crippen molar-refractivity contribution >= 4 is 0 Å². The molecule has 0 aromatic heterocycles. The normalized spacial score (nSPS) is 20.6. The van der Waals surface area contributed by atoms with Gasteiger partial charge in [0.25, 0.3) is 0 Å². The molecule has 2 unspecified atom stereocenters. The van der Waals surface area contributed by atoms with Crippen LogP contribution in [0.1, 0.15) is 97.3 Å². The third-order valence-corrected chi connectivity index (χ3v) is 4.76. The van der Waals surface area contributed by atoms with E-state index in [0.717, 1.165) is 19.2 Å². The van der Waals surface area contributed by atoms with E-state index < -0.39 is 0 Å². The van der Waals surface area contributed by atoms with Crippen LogP contribution in [0.25, 0.3) is 0 Å². The maximum absolute atomic E-state index is 5.86. The lowest BCUT2D eigenvalue weighted by Gasteiger charge is -2.25. The summed E-state index contributed by atoms with van der Waals surface area (Å²) in [6, 6.07) is 0.719. The number of unbranched alkanes of at least 4 members (excludes halogenated alkanes) is 6. The van der Waals surface area contributed by atoms with E-state index in [1.54, 1.807) is 0 Å². The number of rotatable bonds is 13. The minimum atomic E-state index is 0.550. The molecule has 0 aromatic rings. The Balaban J connectivity index is 2.02. The van der Waals surface area contributed by atoms with Gasteiger partial charge in [-0.15, -0.1) is 0 Å². The summed E-state index contributed by atoms with van der Waals surface area (Å²) in [6.45, 7) is 6.62. The molecule has 126 valence electrons. The number of nitrogens with one attached hydrogen (secondary N) is 1. The lowest BCUT2D eigenvalue weighted by molar-refractivity contribution is 0.00843. The van der Waals surface area contributed by atoms with Gasteiger partial charge in [0.1, 0.15) is 0 Å². The van der Waals surface area contributed by atoms with Gasteiger partial charge in [-0.1, -0.05) is 58.8 Å². The Kier molecular flexibility index (Phi) is 12.3. The highest BCUT2D eigenvalue weighted by Gasteiger charge is 2.16. The van der Waals surface area contributed by atoms with Crippen molar-refractivity contribution in [2.75, 3.05) is 13.2 Å². The summed E-state index contributed by atoms with van der Waals surface area (Å²) in [7, 11) is 0. The van der Waals surface area contributed by atoms with Crippen molar-refractivity contribution in [3.63, 3.8) is 0 Å². The van der Waals surface area contributed by atoms with Gasteiger partial charge < -0.3 is 10.1 Å². The van der Waals surface area contributed by atoms with Gasteiger partial charge in [0.2, 0.25) is 0 Å². The topological polar surface area (TPSA) is 21.3 Å². The van der Waals surface area contributed by atoms with Gasteiger partial charge in [-0.3, -0.25) is 0 Å². The number of hydrogen-bond acceptors (Lipinski definition) is 2. The molecular formula is C19H39NO. The third kappa shape index (κ3) is 10.3. The van der Waals surface area contributed by atoms with Crippen molar-refractivity contribution in [1.29, 1.82) is 0 Å². The van der Waals surface area contributed by atoms with Crippen LogP contribution in [0, 0.1) is 0 Å². The van der Waals surface area contributed by atoms with Crippen LogP contribution in [-0.2, 0) is 4.74 Å². The zero-order valence-corrected chi connectivity index (χ0v) is 14.7. The highest BCUT2D eigenvalue weighted by Crippen LogP contribution is 2.19. The molecule has 0 aromatic carbocycles. The summed E-state index contributed by atoms with van der Waals surface area (Å²) in [5.74, 6) is 0. The second-order valence-electron chi connectivity index (χ2n) is 6.73. The van der Waals surface area contributed by atoms with E-state index in [0.29, 0.717) is 6.10 Å². The predicted molar refractivity (Wildman–Crippen MR) is 92.9 cm³/mol. The fraction of sp³-hybridized carbons (Fsp3) is 1.00. The Morgan fingerprint density at radius 1 is 0.952 bits per heavy atom. The molecule has 0 radical (unpaired) electrons. The summed E-state index contributed by atoms with van der Waals surface area (Å²) < 4.78 is 5.86.